The van der Waals surface area contributed by atoms with Crippen LogP contribution in [0.4, 0.5) is 0 Å². The second-order valence-corrected chi connectivity index (χ2v) is 8.94. The van der Waals surface area contributed by atoms with Crippen LogP contribution in [0.25, 0.3) is 21.8 Å². The lowest BCUT2D eigenvalue weighted by Gasteiger charge is -2.35. The fourth-order valence-electron chi connectivity index (χ4n) is 4.76. The molecule has 0 aliphatic carbocycles. The Bertz CT molecular complexity index is 1170. The number of halogens is 1. The molecule has 1 unspecified atom stereocenters. The predicted molar refractivity (Wildman–Crippen MR) is 129 cm³/mol. The van der Waals surface area contributed by atoms with E-state index in [1.54, 1.807) is 0 Å². The topological polar surface area (TPSA) is 31.6 Å². The highest BCUT2D eigenvalue weighted by atomic mass is 35.5. The van der Waals surface area contributed by atoms with Gasteiger partial charge in [0, 0.05) is 66.1 Å². The zero-order chi connectivity index (χ0) is 21.2. The molecular weight excluding hydrogens is 406 g/mol. The van der Waals surface area contributed by atoms with Crippen LogP contribution in [0.3, 0.4) is 0 Å². The van der Waals surface area contributed by atoms with Crippen molar-refractivity contribution in [3.8, 4) is 0 Å². The number of aromatic nitrogens is 1. The maximum atomic E-state index is 10.9. The minimum atomic E-state index is -0.421. The van der Waals surface area contributed by atoms with E-state index in [-0.39, 0.29) is 0 Å². The van der Waals surface area contributed by atoms with Crippen LogP contribution < -0.4 is 0 Å². The number of para-hydroxylation sites is 1. The average Bonchev–Trinajstić information content (AvgIpc) is 3.09. The third-order valence-electron chi connectivity index (χ3n) is 6.31. The Balaban J connectivity index is 1.24. The average molecular weight is 434 g/mol. The normalized spacial score (nSPS) is 16.8. The molecule has 0 amide bonds. The first-order valence-corrected chi connectivity index (χ1v) is 11.4. The van der Waals surface area contributed by atoms with Gasteiger partial charge in [0.1, 0.15) is 0 Å². The van der Waals surface area contributed by atoms with E-state index in [2.05, 4.69) is 75.0 Å². The van der Waals surface area contributed by atoms with E-state index in [4.69, 9.17) is 11.6 Å². The molecule has 31 heavy (non-hydrogen) atoms. The highest BCUT2D eigenvalue weighted by Gasteiger charge is 2.21. The summed E-state index contributed by atoms with van der Waals surface area (Å²) in [5.41, 5.74) is 3.63. The molecule has 0 spiro atoms. The van der Waals surface area contributed by atoms with Gasteiger partial charge in [-0.05, 0) is 29.8 Å². The summed E-state index contributed by atoms with van der Waals surface area (Å²) in [5, 5.41) is 14.0. The lowest BCUT2D eigenvalue weighted by Crippen LogP contribution is -2.48. The Morgan fingerprint density at radius 1 is 0.742 bits per heavy atom. The second kappa shape index (κ2) is 9.01. The van der Waals surface area contributed by atoms with Gasteiger partial charge in [0.15, 0.2) is 0 Å². The van der Waals surface area contributed by atoms with Gasteiger partial charge >= 0.3 is 0 Å². The quantitative estimate of drug-likeness (QED) is 0.481. The lowest BCUT2D eigenvalue weighted by atomic mass is 10.2. The second-order valence-electron chi connectivity index (χ2n) is 8.51. The van der Waals surface area contributed by atoms with E-state index >= 15 is 0 Å². The molecule has 1 aliphatic rings. The van der Waals surface area contributed by atoms with Crippen molar-refractivity contribution in [2.75, 3.05) is 32.7 Å². The Kier molecular flexibility index (Phi) is 5.97. The van der Waals surface area contributed by atoms with Crippen LogP contribution in [-0.2, 0) is 13.1 Å². The number of nitrogens with zero attached hydrogens (tertiary/aromatic N) is 3. The molecule has 5 rings (SSSR count). The van der Waals surface area contributed by atoms with Gasteiger partial charge in [-0.1, -0.05) is 60.1 Å². The number of aliphatic hydroxyl groups excluding tert-OH is 1. The summed E-state index contributed by atoms with van der Waals surface area (Å²) < 4.78 is 2.23. The minimum Gasteiger partial charge on any atom is -0.390 e. The first-order valence-electron chi connectivity index (χ1n) is 11.0. The van der Waals surface area contributed by atoms with Gasteiger partial charge in [0.05, 0.1) is 12.6 Å². The van der Waals surface area contributed by atoms with Crippen molar-refractivity contribution >= 4 is 33.4 Å². The molecule has 3 aromatic carbocycles. The maximum absolute atomic E-state index is 10.9. The van der Waals surface area contributed by atoms with Gasteiger partial charge in [-0.3, -0.25) is 9.80 Å². The molecule has 1 aromatic heterocycles. The summed E-state index contributed by atoms with van der Waals surface area (Å²) >= 11 is 6.26. The van der Waals surface area contributed by atoms with Crippen LogP contribution in [0.5, 0.6) is 0 Å². The third kappa shape index (κ3) is 4.48. The molecule has 1 N–H and O–H groups in total. The summed E-state index contributed by atoms with van der Waals surface area (Å²) in [6.07, 6.45) is -0.421. The van der Waals surface area contributed by atoms with Crippen LogP contribution in [0.15, 0.2) is 72.8 Å². The number of hydrogen-bond acceptors (Lipinski definition) is 3. The SMILES string of the molecule is OC(CN1CCN(Cc2ccccc2)CC1)Cn1c2ccccc2c2cc(Cl)ccc21. The van der Waals surface area contributed by atoms with E-state index in [1.807, 2.05) is 12.1 Å². The molecule has 1 saturated heterocycles. The first kappa shape index (κ1) is 20.5. The molecular formula is C26H28ClN3O. The molecule has 4 aromatic rings. The fourth-order valence-corrected chi connectivity index (χ4v) is 4.93. The van der Waals surface area contributed by atoms with Gasteiger partial charge in [0.2, 0.25) is 0 Å². The molecule has 1 atom stereocenters. The summed E-state index contributed by atoms with van der Waals surface area (Å²) in [7, 11) is 0. The van der Waals surface area contributed by atoms with Crippen molar-refractivity contribution in [1.82, 2.24) is 14.4 Å². The van der Waals surface area contributed by atoms with E-state index in [9.17, 15) is 5.11 Å². The van der Waals surface area contributed by atoms with Crippen molar-refractivity contribution in [2.45, 2.75) is 19.2 Å². The predicted octanol–water partition coefficient (Wildman–Crippen LogP) is 4.63. The monoisotopic (exact) mass is 433 g/mol. The van der Waals surface area contributed by atoms with Crippen LogP contribution in [0.2, 0.25) is 5.02 Å². The fraction of sp³-hybridized carbons (Fsp3) is 0.308. The first-order chi connectivity index (χ1) is 15.2. The minimum absolute atomic E-state index is 0.421. The summed E-state index contributed by atoms with van der Waals surface area (Å²) in [6.45, 7) is 6.34. The number of rotatable bonds is 6. The van der Waals surface area contributed by atoms with Gasteiger partial charge in [0.25, 0.3) is 0 Å². The summed E-state index contributed by atoms with van der Waals surface area (Å²) in [6, 6.07) is 25.0. The van der Waals surface area contributed by atoms with Gasteiger partial charge in [-0.2, -0.15) is 0 Å². The Labute approximate surface area is 188 Å². The summed E-state index contributed by atoms with van der Waals surface area (Å²) in [5.74, 6) is 0. The number of benzene rings is 3. The van der Waals surface area contributed by atoms with Gasteiger partial charge in [-0.25, -0.2) is 0 Å². The maximum Gasteiger partial charge on any atom is 0.0845 e. The Morgan fingerprint density at radius 2 is 1.42 bits per heavy atom. The van der Waals surface area contributed by atoms with Crippen molar-refractivity contribution < 1.29 is 5.11 Å². The molecule has 1 fully saturated rings. The van der Waals surface area contributed by atoms with Crippen LogP contribution in [-0.4, -0.2) is 58.3 Å². The van der Waals surface area contributed by atoms with E-state index in [0.29, 0.717) is 13.1 Å². The van der Waals surface area contributed by atoms with E-state index in [1.165, 1.54) is 10.9 Å². The molecule has 5 heteroatoms. The zero-order valence-electron chi connectivity index (χ0n) is 17.6. The molecule has 2 heterocycles. The number of hydrogen-bond donors (Lipinski definition) is 1. The highest BCUT2D eigenvalue weighted by Crippen LogP contribution is 2.31. The largest absolute Gasteiger partial charge is 0.390 e. The van der Waals surface area contributed by atoms with Crippen molar-refractivity contribution in [2.24, 2.45) is 0 Å². The molecule has 0 bridgehead atoms. The number of β-amino-alcohol motifs (C(OH)–C–C–N with tert-alkyl or cyclic N) is 1. The van der Waals surface area contributed by atoms with Crippen LogP contribution in [0, 0.1) is 0 Å². The van der Waals surface area contributed by atoms with Crippen molar-refractivity contribution in [3.63, 3.8) is 0 Å². The summed E-state index contributed by atoms with van der Waals surface area (Å²) in [4.78, 5) is 4.88. The van der Waals surface area contributed by atoms with Crippen LogP contribution in [0.1, 0.15) is 5.56 Å². The lowest BCUT2D eigenvalue weighted by molar-refractivity contribution is 0.0634. The molecule has 1 aliphatic heterocycles. The number of fused-ring (bicyclic) bond motifs is 3. The molecule has 160 valence electrons. The van der Waals surface area contributed by atoms with Gasteiger partial charge < -0.3 is 9.67 Å². The zero-order valence-corrected chi connectivity index (χ0v) is 18.4. The Hall–Kier alpha value is -2.37. The molecule has 0 radical (unpaired) electrons. The Morgan fingerprint density at radius 3 is 2.23 bits per heavy atom. The van der Waals surface area contributed by atoms with Crippen molar-refractivity contribution in [1.29, 1.82) is 0 Å². The smallest absolute Gasteiger partial charge is 0.0845 e. The highest BCUT2D eigenvalue weighted by molar-refractivity contribution is 6.31. The number of aliphatic hydroxyl groups is 1. The third-order valence-corrected chi connectivity index (χ3v) is 6.55. The standard InChI is InChI=1S/C26H28ClN3O/c27-21-10-11-26-24(16-21)23-8-4-5-9-25(23)30(26)19-22(31)18-29-14-12-28(13-15-29)17-20-6-2-1-3-7-20/h1-11,16,22,31H,12-15,17-19H2. The van der Waals surface area contributed by atoms with Crippen LogP contribution >= 0.6 is 11.6 Å². The molecule has 4 nitrogen and oxygen atoms in total. The molecule has 0 saturated carbocycles. The van der Waals surface area contributed by atoms with Crippen molar-refractivity contribution in [3.05, 3.63) is 83.4 Å². The number of piperazine rings is 1. The van der Waals surface area contributed by atoms with E-state index < -0.39 is 6.10 Å². The van der Waals surface area contributed by atoms with Gasteiger partial charge in [-0.15, -0.1) is 0 Å². The van der Waals surface area contributed by atoms with E-state index in [0.717, 1.165) is 54.2 Å².